The molecule has 29 heavy (non-hydrogen) atoms. The van der Waals surface area contributed by atoms with E-state index >= 15 is 0 Å². The second-order valence-corrected chi connectivity index (χ2v) is 6.82. The summed E-state index contributed by atoms with van der Waals surface area (Å²) in [5, 5.41) is 7.32. The molecule has 0 aromatic heterocycles. The van der Waals surface area contributed by atoms with Crippen molar-refractivity contribution in [1.82, 2.24) is 10.6 Å². The van der Waals surface area contributed by atoms with Crippen LogP contribution in [0.1, 0.15) is 11.6 Å². The number of likely N-dealkylation sites (N-methyl/N-ethyl adjacent to an activating group) is 1. The smallest absolute Gasteiger partial charge is 0.246 e. The normalized spacial score (nSPS) is 11.4. The minimum atomic E-state index is -1.21. The number of carbonyl (C=O) groups excluding carboxylic acids is 3. The summed E-state index contributed by atoms with van der Waals surface area (Å²) in [5.74, 6) is -4.41. The Bertz CT molecular complexity index is 894. The van der Waals surface area contributed by atoms with Crippen LogP contribution in [0.3, 0.4) is 0 Å². The third-order valence-corrected chi connectivity index (χ3v) is 4.62. The largest absolute Gasteiger partial charge is 0.357 e. The van der Waals surface area contributed by atoms with E-state index in [2.05, 4.69) is 16.0 Å². The molecular weight excluding hydrogens is 407 g/mol. The molecule has 3 amide bonds. The lowest BCUT2D eigenvalue weighted by Crippen LogP contribution is -2.40. The van der Waals surface area contributed by atoms with Crippen LogP contribution in [0, 0.1) is 17.5 Å². The first-order valence-electron chi connectivity index (χ1n) is 8.39. The van der Waals surface area contributed by atoms with Crippen molar-refractivity contribution in [1.29, 1.82) is 0 Å². The highest BCUT2D eigenvalue weighted by Gasteiger charge is 2.23. The summed E-state index contributed by atoms with van der Waals surface area (Å²) in [7, 11) is 1.34. The summed E-state index contributed by atoms with van der Waals surface area (Å²) < 4.78 is 39.4. The third kappa shape index (κ3) is 6.83. The van der Waals surface area contributed by atoms with E-state index in [-0.39, 0.29) is 17.1 Å². The Morgan fingerprint density at radius 3 is 2.21 bits per heavy atom. The molecule has 0 saturated carbocycles. The van der Waals surface area contributed by atoms with Gasteiger partial charge in [-0.1, -0.05) is 6.07 Å². The predicted octanol–water partition coefficient (Wildman–Crippen LogP) is 2.38. The lowest BCUT2D eigenvalue weighted by atomic mass is 10.1. The zero-order valence-electron chi connectivity index (χ0n) is 15.3. The van der Waals surface area contributed by atoms with Gasteiger partial charge in [0.15, 0.2) is 11.6 Å². The minimum Gasteiger partial charge on any atom is -0.357 e. The Kier molecular flexibility index (Phi) is 8.08. The summed E-state index contributed by atoms with van der Waals surface area (Å²) in [6, 6.07) is 6.89. The number of anilines is 1. The molecule has 2 aromatic carbocycles. The van der Waals surface area contributed by atoms with Crippen molar-refractivity contribution in [3.8, 4) is 0 Å². The molecular formula is C19H18F3N3O3S. The quantitative estimate of drug-likeness (QED) is 0.606. The second kappa shape index (κ2) is 10.5. The first-order valence-corrected chi connectivity index (χ1v) is 9.54. The van der Waals surface area contributed by atoms with Gasteiger partial charge in [-0.15, -0.1) is 11.8 Å². The molecule has 0 heterocycles. The number of thioether (sulfide) groups is 1. The molecule has 0 bridgehead atoms. The highest BCUT2D eigenvalue weighted by Crippen LogP contribution is 2.17. The molecule has 0 saturated heterocycles. The van der Waals surface area contributed by atoms with Gasteiger partial charge in [0.25, 0.3) is 0 Å². The number of amides is 3. The van der Waals surface area contributed by atoms with Crippen LogP contribution in [0.5, 0.6) is 0 Å². The number of halogens is 3. The van der Waals surface area contributed by atoms with Crippen LogP contribution in [-0.2, 0) is 14.4 Å². The highest BCUT2D eigenvalue weighted by atomic mass is 32.2. The van der Waals surface area contributed by atoms with Crippen LogP contribution in [0.25, 0.3) is 0 Å². The fourth-order valence-corrected chi connectivity index (χ4v) is 2.93. The minimum absolute atomic E-state index is 0.0549. The van der Waals surface area contributed by atoms with Crippen molar-refractivity contribution in [3.05, 3.63) is 65.5 Å². The third-order valence-electron chi connectivity index (χ3n) is 3.69. The molecule has 3 N–H and O–H groups in total. The van der Waals surface area contributed by atoms with Gasteiger partial charge in [0.05, 0.1) is 11.5 Å². The van der Waals surface area contributed by atoms with Crippen molar-refractivity contribution in [2.45, 2.75) is 6.04 Å². The number of benzene rings is 2. The molecule has 0 aliphatic carbocycles. The molecule has 1 unspecified atom stereocenters. The number of nitrogens with one attached hydrogen (secondary N) is 3. The number of hydrogen-bond donors (Lipinski definition) is 3. The number of carbonyl (C=O) groups is 3. The standard InChI is InChI=1S/C19H18F3N3O3S/c1-23-19(28)18(11-2-7-14(21)15(22)8-11)25-17(27)10-29-9-16(26)24-13-5-3-12(20)4-6-13/h2-8,18H,9-10H2,1H3,(H,23,28)(H,24,26)(H,25,27). The molecule has 2 aromatic rings. The van der Waals surface area contributed by atoms with Gasteiger partial charge in [-0.2, -0.15) is 0 Å². The summed E-state index contributed by atoms with van der Waals surface area (Å²) in [5.41, 5.74) is 0.495. The Morgan fingerprint density at radius 1 is 0.931 bits per heavy atom. The molecule has 0 fully saturated rings. The Morgan fingerprint density at radius 2 is 1.59 bits per heavy atom. The average Bonchev–Trinajstić information content (AvgIpc) is 2.69. The SMILES string of the molecule is CNC(=O)C(NC(=O)CSCC(=O)Nc1ccc(F)cc1)c1ccc(F)c(F)c1. The fraction of sp³-hybridized carbons (Fsp3) is 0.211. The van der Waals surface area contributed by atoms with Gasteiger partial charge in [0, 0.05) is 12.7 Å². The van der Waals surface area contributed by atoms with Crippen LogP contribution in [0.15, 0.2) is 42.5 Å². The van der Waals surface area contributed by atoms with E-state index in [0.717, 1.165) is 23.9 Å². The van der Waals surface area contributed by atoms with Crippen molar-refractivity contribution < 1.29 is 27.6 Å². The topological polar surface area (TPSA) is 87.3 Å². The van der Waals surface area contributed by atoms with E-state index < -0.39 is 41.2 Å². The summed E-state index contributed by atoms with van der Waals surface area (Å²) >= 11 is 0.990. The van der Waals surface area contributed by atoms with Crippen LogP contribution in [0.4, 0.5) is 18.9 Å². The first-order chi connectivity index (χ1) is 13.8. The maximum atomic E-state index is 13.4. The molecule has 0 aliphatic heterocycles. The van der Waals surface area contributed by atoms with Crippen molar-refractivity contribution >= 4 is 35.2 Å². The fourth-order valence-electron chi connectivity index (χ4n) is 2.31. The molecule has 2 rings (SSSR count). The summed E-state index contributed by atoms with van der Waals surface area (Å²) in [4.78, 5) is 36.0. The summed E-state index contributed by atoms with van der Waals surface area (Å²) in [6.45, 7) is 0. The van der Waals surface area contributed by atoms with E-state index in [0.29, 0.717) is 5.69 Å². The summed E-state index contributed by atoms with van der Waals surface area (Å²) in [6.07, 6.45) is 0. The van der Waals surface area contributed by atoms with E-state index in [4.69, 9.17) is 0 Å². The van der Waals surface area contributed by atoms with Crippen LogP contribution in [-0.4, -0.2) is 36.3 Å². The first kappa shape index (κ1) is 22.3. The van der Waals surface area contributed by atoms with E-state index in [1.54, 1.807) is 0 Å². The van der Waals surface area contributed by atoms with E-state index in [9.17, 15) is 27.6 Å². The average molecular weight is 425 g/mol. The molecule has 0 spiro atoms. The molecule has 6 nitrogen and oxygen atoms in total. The van der Waals surface area contributed by atoms with Gasteiger partial charge in [-0.3, -0.25) is 14.4 Å². The lowest BCUT2D eigenvalue weighted by Gasteiger charge is -2.18. The van der Waals surface area contributed by atoms with Gasteiger partial charge >= 0.3 is 0 Å². The lowest BCUT2D eigenvalue weighted by molar-refractivity contribution is -0.127. The molecule has 10 heteroatoms. The van der Waals surface area contributed by atoms with Crippen LogP contribution < -0.4 is 16.0 Å². The van der Waals surface area contributed by atoms with Gasteiger partial charge in [0.2, 0.25) is 17.7 Å². The van der Waals surface area contributed by atoms with E-state index in [1.165, 1.54) is 37.4 Å². The Hall–Kier alpha value is -3.01. The van der Waals surface area contributed by atoms with Crippen molar-refractivity contribution in [3.63, 3.8) is 0 Å². The maximum Gasteiger partial charge on any atom is 0.246 e. The number of rotatable bonds is 8. The van der Waals surface area contributed by atoms with Crippen LogP contribution >= 0.6 is 11.8 Å². The zero-order chi connectivity index (χ0) is 21.4. The van der Waals surface area contributed by atoms with Crippen molar-refractivity contribution in [2.24, 2.45) is 0 Å². The van der Waals surface area contributed by atoms with E-state index in [1.807, 2.05) is 0 Å². The van der Waals surface area contributed by atoms with Crippen molar-refractivity contribution in [2.75, 3.05) is 23.9 Å². The zero-order valence-corrected chi connectivity index (χ0v) is 16.1. The van der Waals surface area contributed by atoms with Gasteiger partial charge < -0.3 is 16.0 Å². The molecule has 1 atom stereocenters. The van der Waals surface area contributed by atoms with Gasteiger partial charge in [0.1, 0.15) is 11.9 Å². The maximum absolute atomic E-state index is 13.4. The Balaban J connectivity index is 1.87. The monoisotopic (exact) mass is 425 g/mol. The van der Waals surface area contributed by atoms with Gasteiger partial charge in [-0.25, -0.2) is 13.2 Å². The second-order valence-electron chi connectivity index (χ2n) is 5.84. The highest BCUT2D eigenvalue weighted by molar-refractivity contribution is 8.00. The molecule has 0 aliphatic rings. The molecule has 154 valence electrons. The Labute approximate surface area is 169 Å². The predicted molar refractivity (Wildman–Crippen MR) is 104 cm³/mol. The van der Waals surface area contributed by atoms with Crippen LogP contribution in [0.2, 0.25) is 0 Å². The number of hydrogen-bond acceptors (Lipinski definition) is 4. The molecule has 0 radical (unpaired) electrons. The van der Waals surface area contributed by atoms with Gasteiger partial charge in [-0.05, 0) is 42.0 Å².